The van der Waals surface area contributed by atoms with Crippen LogP contribution in [0.2, 0.25) is 0 Å². The summed E-state index contributed by atoms with van der Waals surface area (Å²) in [7, 11) is 1.60. The molecule has 1 rings (SSSR count). The first-order valence-electron chi connectivity index (χ1n) is 6.17. The molecule has 0 aliphatic rings. The van der Waals surface area contributed by atoms with Gasteiger partial charge in [-0.2, -0.15) is 0 Å². The summed E-state index contributed by atoms with van der Waals surface area (Å²) in [6.45, 7) is 5.19. The largest absolute Gasteiger partial charge is 0.383 e. The molecule has 0 fully saturated rings. The van der Waals surface area contributed by atoms with Crippen molar-refractivity contribution in [3.8, 4) is 0 Å². The van der Waals surface area contributed by atoms with E-state index in [9.17, 15) is 4.79 Å². The second kappa shape index (κ2) is 7.66. The predicted molar refractivity (Wildman–Crippen MR) is 71.8 cm³/mol. The van der Waals surface area contributed by atoms with Crippen LogP contribution in [0.3, 0.4) is 0 Å². The lowest BCUT2D eigenvalue weighted by Crippen LogP contribution is -2.27. The van der Waals surface area contributed by atoms with Crippen LogP contribution in [0.15, 0.2) is 18.3 Å². The Balaban J connectivity index is 2.60. The molecular weight excluding hydrogens is 230 g/mol. The Morgan fingerprint density at radius 3 is 3.00 bits per heavy atom. The maximum atomic E-state index is 11.8. The van der Waals surface area contributed by atoms with Crippen LogP contribution in [-0.2, 0) is 4.74 Å². The summed E-state index contributed by atoms with van der Waals surface area (Å²) in [4.78, 5) is 15.8. The van der Waals surface area contributed by atoms with E-state index in [1.165, 1.54) is 0 Å². The number of rotatable bonds is 7. The van der Waals surface area contributed by atoms with E-state index in [1.54, 1.807) is 19.4 Å². The molecule has 1 unspecified atom stereocenters. The minimum atomic E-state index is -0.181. The molecule has 0 aliphatic carbocycles. The molecule has 1 heterocycles. The van der Waals surface area contributed by atoms with Gasteiger partial charge >= 0.3 is 0 Å². The van der Waals surface area contributed by atoms with Gasteiger partial charge in [0.25, 0.3) is 5.91 Å². The van der Waals surface area contributed by atoms with Gasteiger partial charge in [-0.1, -0.05) is 6.92 Å². The third-order valence-electron chi connectivity index (χ3n) is 2.61. The number of methoxy groups -OCH3 is 1. The second-order valence-electron chi connectivity index (χ2n) is 4.13. The molecule has 0 spiro atoms. The first-order valence-corrected chi connectivity index (χ1v) is 6.17. The Bertz CT molecular complexity index is 382. The minimum Gasteiger partial charge on any atom is -0.383 e. The predicted octanol–water partition coefficient (Wildman–Crippen LogP) is 1.67. The van der Waals surface area contributed by atoms with Gasteiger partial charge < -0.3 is 15.4 Å². The van der Waals surface area contributed by atoms with Crippen LogP contribution in [0.5, 0.6) is 0 Å². The van der Waals surface area contributed by atoms with Crippen molar-refractivity contribution in [3.05, 3.63) is 24.0 Å². The van der Waals surface area contributed by atoms with Gasteiger partial charge in [0.15, 0.2) is 0 Å². The van der Waals surface area contributed by atoms with Gasteiger partial charge in [0.2, 0.25) is 0 Å². The van der Waals surface area contributed by atoms with Gasteiger partial charge in [-0.05, 0) is 25.5 Å². The Kier molecular flexibility index (Phi) is 6.14. The third-order valence-corrected chi connectivity index (χ3v) is 2.61. The summed E-state index contributed by atoms with van der Waals surface area (Å²) in [6, 6.07) is 3.99. The van der Waals surface area contributed by atoms with Crippen LogP contribution in [0, 0.1) is 0 Å². The molecule has 1 aromatic heterocycles. The fourth-order valence-electron chi connectivity index (χ4n) is 1.39. The zero-order chi connectivity index (χ0) is 13.4. The molecule has 2 N–H and O–H groups in total. The van der Waals surface area contributed by atoms with E-state index < -0.39 is 0 Å². The van der Waals surface area contributed by atoms with Crippen LogP contribution in [0.25, 0.3) is 0 Å². The molecular formula is C13H21N3O2. The summed E-state index contributed by atoms with van der Waals surface area (Å²) in [5, 5.41) is 6.05. The van der Waals surface area contributed by atoms with Crippen molar-refractivity contribution in [2.45, 2.75) is 26.3 Å². The fourth-order valence-corrected chi connectivity index (χ4v) is 1.39. The first kappa shape index (κ1) is 14.4. The molecule has 1 amide bonds. The highest BCUT2D eigenvalue weighted by molar-refractivity contribution is 5.93. The van der Waals surface area contributed by atoms with Crippen molar-refractivity contribution >= 4 is 11.6 Å². The molecule has 100 valence electrons. The van der Waals surface area contributed by atoms with Crippen LogP contribution in [0.1, 0.15) is 30.8 Å². The Labute approximate surface area is 108 Å². The van der Waals surface area contributed by atoms with Gasteiger partial charge in [0, 0.05) is 31.6 Å². The second-order valence-corrected chi connectivity index (χ2v) is 4.13. The molecule has 0 radical (unpaired) electrons. The highest BCUT2D eigenvalue weighted by atomic mass is 16.5. The lowest BCUT2D eigenvalue weighted by molar-refractivity contribution is 0.0932. The number of carbonyl (C=O) groups is 1. The van der Waals surface area contributed by atoms with E-state index >= 15 is 0 Å². The molecule has 0 saturated carbocycles. The lowest BCUT2D eigenvalue weighted by Gasteiger charge is -2.13. The van der Waals surface area contributed by atoms with Gasteiger partial charge in [0.1, 0.15) is 5.69 Å². The highest BCUT2D eigenvalue weighted by Crippen LogP contribution is 2.10. The number of hydrogen-bond acceptors (Lipinski definition) is 4. The topological polar surface area (TPSA) is 63.2 Å². The average molecular weight is 251 g/mol. The molecule has 0 aromatic carbocycles. The van der Waals surface area contributed by atoms with E-state index in [2.05, 4.69) is 29.5 Å². The standard InChI is InChI=1S/C13H21N3O2/c1-4-10(2)16-11-5-6-14-12(9-11)13(17)15-7-8-18-3/h5-6,9-10H,4,7-8H2,1-3H3,(H,14,16)(H,15,17). The van der Waals surface area contributed by atoms with Crippen molar-refractivity contribution in [1.29, 1.82) is 0 Å². The number of pyridine rings is 1. The van der Waals surface area contributed by atoms with Crippen molar-refractivity contribution in [1.82, 2.24) is 10.3 Å². The average Bonchev–Trinajstić information content (AvgIpc) is 2.39. The van der Waals surface area contributed by atoms with Crippen LogP contribution in [0.4, 0.5) is 5.69 Å². The quantitative estimate of drug-likeness (QED) is 0.724. The number of amides is 1. The number of nitrogens with zero attached hydrogens (tertiary/aromatic N) is 1. The monoisotopic (exact) mass is 251 g/mol. The number of carbonyl (C=O) groups excluding carboxylic acids is 1. The van der Waals surface area contributed by atoms with E-state index in [4.69, 9.17) is 4.74 Å². The van der Waals surface area contributed by atoms with E-state index in [1.807, 2.05) is 6.07 Å². The minimum absolute atomic E-state index is 0.181. The fraction of sp³-hybridized carbons (Fsp3) is 0.538. The molecule has 0 saturated heterocycles. The van der Waals surface area contributed by atoms with Crippen molar-refractivity contribution in [2.24, 2.45) is 0 Å². The van der Waals surface area contributed by atoms with Crippen LogP contribution >= 0.6 is 0 Å². The summed E-state index contributed by atoms with van der Waals surface area (Å²) in [5.74, 6) is -0.181. The molecule has 5 heteroatoms. The molecule has 18 heavy (non-hydrogen) atoms. The Morgan fingerprint density at radius 1 is 1.56 bits per heavy atom. The molecule has 5 nitrogen and oxygen atoms in total. The zero-order valence-corrected chi connectivity index (χ0v) is 11.2. The lowest BCUT2D eigenvalue weighted by atomic mass is 10.2. The number of aromatic nitrogens is 1. The van der Waals surface area contributed by atoms with Crippen LogP contribution in [-0.4, -0.2) is 37.2 Å². The van der Waals surface area contributed by atoms with Crippen molar-refractivity contribution in [2.75, 3.05) is 25.6 Å². The summed E-state index contributed by atoms with van der Waals surface area (Å²) < 4.78 is 4.87. The molecule has 1 atom stereocenters. The highest BCUT2D eigenvalue weighted by Gasteiger charge is 2.07. The summed E-state index contributed by atoms with van der Waals surface area (Å²) >= 11 is 0. The summed E-state index contributed by atoms with van der Waals surface area (Å²) in [6.07, 6.45) is 2.66. The van der Waals surface area contributed by atoms with Gasteiger partial charge in [-0.15, -0.1) is 0 Å². The normalized spacial score (nSPS) is 11.9. The van der Waals surface area contributed by atoms with Gasteiger partial charge in [-0.3, -0.25) is 9.78 Å². The first-order chi connectivity index (χ1) is 8.67. The molecule has 0 bridgehead atoms. The molecule has 1 aromatic rings. The Hall–Kier alpha value is -1.62. The smallest absolute Gasteiger partial charge is 0.270 e. The van der Waals surface area contributed by atoms with Gasteiger partial charge in [0.05, 0.1) is 6.61 Å². The SMILES string of the molecule is CCC(C)Nc1ccnc(C(=O)NCCOC)c1. The Morgan fingerprint density at radius 2 is 2.33 bits per heavy atom. The van der Waals surface area contributed by atoms with Crippen LogP contribution < -0.4 is 10.6 Å². The maximum Gasteiger partial charge on any atom is 0.270 e. The van der Waals surface area contributed by atoms with E-state index in [0.717, 1.165) is 12.1 Å². The number of hydrogen-bond donors (Lipinski definition) is 2. The number of anilines is 1. The van der Waals surface area contributed by atoms with Gasteiger partial charge in [-0.25, -0.2) is 0 Å². The van der Waals surface area contributed by atoms with Crippen molar-refractivity contribution in [3.63, 3.8) is 0 Å². The van der Waals surface area contributed by atoms with Crippen molar-refractivity contribution < 1.29 is 9.53 Å². The number of nitrogens with one attached hydrogen (secondary N) is 2. The van der Waals surface area contributed by atoms with E-state index in [0.29, 0.717) is 24.9 Å². The third kappa shape index (κ3) is 4.71. The number of ether oxygens (including phenoxy) is 1. The zero-order valence-electron chi connectivity index (χ0n) is 11.2. The maximum absolute atomic E-state index is 11.8. The summed E-state index contributed by atoms with van der Waals surface area (Å²) in [5.41, 5.74) is 1.33. The van der Waals surface area contributed by atoms with E-state index in [-0.39, 0.29) is 5.91 Å². The molecule has 0 aliphatic heterocycles.